The molecule has 0 saturated heterocycles. The second kappa shape index (κ2) is 6.56. The highest BCUT2D eigenvalue weighted by Crippen LogP contribution is 2.29. The summed E-state index contributed by atoms with van der Waals surface area (Å²) in [7, 11) is 0. The quantitative estimate of drug-likeness (QED) is 0.897. The zero-order valence-corrected chi connectivity index (χ0v) is 10.8. The summed E-state index contributed by atoms with van der Waals surface area (Å²) in [6.45, 7) is 3.53. The van der Waals surface area contributed by atoms with Gasteiger partial charge in [0.1, 0.15) is 6.61 Å². The molecule has 0 atom stereocenters. The van der Waals surface area contributed by atoms with Crippen molar-refractivity contribution >= 4 is 5.91 Å². The summed E-state index contributed by atoms with van der Waals surface area (Å²) < 4.78 is 42.5. The molecule has 6 heteroatoms. The number of nitrogens with one attached hydrogen (secondary N) is 1. The molecule has 19 heavy (non-hydrogen) atoms. The minimum atomic E-state index is -4.37. The maximum atomic E-state index is 12.5. The number of halogens is 3. The van der Waals surface area contributed by atoms with Gasteiger partial charge in [-0.25, -0.2) is 0 Å². The van der Waals surface area contributed by atoms with E-state index in [1.165, 1.54) is 12.1 Å². The van der Waals surface area contributed by atoms with Crippen LogP contribution in [0.3, 0.4) is 0 Å². The number of hydrogen-bond donors (Lipinski definition) is 1. The fraction of sp³-hybridized carbons (Fsp3) is 0.462. The van der Waals surface area contributed by atoms with Crippen LogP contribution < -0.4 is 5.32 Å². The lowest BCUT2D eigenvalue weighted by molar-refractivity contribution is -0.137. The van der Waals surface area contributed by atoms with Gasteiger partial charge in [0.25, 0.3) is 0 Å². The van der Waals surface area contributed by atoms with E-state index in [4.69, 9.17) is 4.74 Å². The van der Waals surface area contributed by atoms with Crippen LogP contribution in [0.15, 0.2) is 24.3 Å². The van der Waals surface area contributed by atoms with Gasteiger partial charge < -0.3 is 10.1 Å². The molecule has 0 aliphatic rings. The van der Waals surface area contributed by atoms with E-state index in [0.717, 1.165) is 12.1 Å². The first-order chi connectivity index (χ1) is 8.79. The Labute approximate surface area is 109 Å². The van der Waals surface area contributed by atoms with Crippen LogP contribution in [-0.4, -0.2) is 18.6 Å². The van der Waals surface area contributed by atoms with E-state index in [-0.39, 0.29) is 25.2 Å². The number of carbonyl (C=O) groups excluding carboxylic acids is 1. The first-order valence-electron chi connectivity index (χ1n) is 5.83. The molecule has 0 aliphatic carbocycles. The van der Waals surface area contributed by atoms with Gasteiger partial charge in [-0.3, -0.25) is 4.79 Å². The highest BCUT2D eigenvalue weighted by molar-refractivity contribution is 5.77. The van der Waals surface area contributed by atoms with Crippen LogP contribution in [0.1, 0.15) is 25.0 Å². The SMILES string of the molecule is CC(C)OCC(=O)NCc1cccc(C(F)(F)F)c1. The Morgan fingerprint density at radius 1 is 1.37 bits per heavy atom. The topological polar surface area (TPSA) is 38.3 Å². The Morgan fingerprint density at radius 2 is 2.05 bits per heavy atom. The molecule has 1 aromatic rings. The van der Waals surface area contributed by atoms with E-state index >= 15 is 0 Å². The lowest BCUT2D eigenvalue weighted by Crippen LogP contribution is -2.28. The number of alkyl halides is 3. The largest absolute Gasteiger partial charge is 0.416 e. The van der Waals surface area contributed by atoms with Crippen molar-refractivity contribution in [3.63, 3.8) is 0 Å². The monoisotopic (exact) mass is 275 g/mol. The van der Waals surface area contributed by atoms with Crippen LogP contribution in [0, 0.1) is 0 Å². The van der Waals surface area contributed by atoms with Crippen molar-refractivity contribution in [1.82, 2.24) is 5.32 Å². The van der Waals surface area contributed by atoms with Gasteiger partial charge in [0.2, 0.25) is 5.91 Å². The van der Waals surface area contributed by atoms with Crippen molar-refractivity contribution in [2.24, 2.45) is 0 Å². The molecule has 0 saturated carbocycles. The summed E-state index contributed by atoms with van der Waals surface area (Å²) >= 11 is 0. The fourth-order valence-electron chi connectivity index (χ4n) is 1.35. The molecule has 1 N–H and O–H groups in total. The van der Waals surface area contributed by atoms with Crippen molar-refractivity contribution in [2.45, 2.75) is 32.7 Å². The smallest absolute Gasteiger partial charge is 0.369 e. The lowest BCUT2D eigenvalue weighted by atomic mass is 10.1. The summed E-state index contributed by atoms with van der Waals surface area (Å²) in [4.78, 5) is 11.3. The molecular weight excluding hydrogens is 259 g/mol. The molecule has 1 amide bonds. The average molecular weight is 275 g/mol. The fourth-order valence-corrected chi connectivity index (χ4v) is 1.35. The molecule has 106 valence electrons. The van der Waals surface area contributed by atoms with Gasteiger partial charge in [-0.2, -0.15) is 13.2 Å². The van der Waals surface area contributed by atoms with Gasteiger partial charge in [0, 0.05) is 6.54 Å². The van der Waals surface area contributed by atoms with Crippen LogP contribution in [0.2, 0.25) is 0 Å². The van der Waals surface area contributed by atoms with Gasteiger partial charge >= 0.3 is 6.18 Å². The molecule has 3 nitrogen and oxygen atoms in total. The third-order valence-electron chi connectivity index (χ3n) is 2.29. The van der Waals surface area contributed by atoms with Gasteiger partial charge in [-0.15, -0.1) is 0 Å². The van der Waals surface area contributed by atoms with Gasteiger partial charge in [-0.1, -0.05) is 12.1 Å². The van der Waals surface area contributed by atoms with Crippen molar-refractivity contribution < 1.29 is 22.7 Å². The van der Waals surface area contributed by atoms with Crippen molar-refractivity contribution in [3.05, 3.63) is 35.4 Å². The van der Waals surface area contributed by atoms with E-state index < -0.39 is 11.7 Å². The Morgan fingerprint density at radius 3 is 2.63 bits per heavy atom. The van der Waals surface area contributed by atoms with Crippen molar-refractivity contribution in [2.75, 3.05) is 6.61 Å². The Kier molecular flexibility index (Phi) is 5.35. The van der Waals surface area contributed by atoms with Gasteiger partial charge in [-0.05, 0) is 31.5 Å². The summed E-state index contributed by atoms with van der Waals surface area (Å²) in [5.74, 6) is -0.355. The summed E-state index contributed by atoms with van der Waals surface area (Å²) in [6.07, 6.45) is -4.44. The van der Waals surface area contributed by atoms with Crippen molar-refractivity contribution in [1.29, 1.82) is 0 Å². The molecular formula is C13H16F3NO2. The van der Waals surface area contributed by atoms with E-state index in [0.29, 0.717) is 5.56 Å². The first kappa shape index (κ1) is 15.5. The Hall–Kier alpha value is -1.56. The zero-order valence-electron chi connectivity index (χ0n) is 10.8. The standard InChI is InChI=1S/C13H16F3NO2/c1-9(2)19-8-12(18)17-7-10-4-3-5-11(6-10)13(14,15)16/h3-6,9H,7-8H2,1-2H3,(H,17,18). The first-order valence-corrected chi connectivity index (χ1v) is 5.83. The van der Waals surface area contributed by atoms with Crippen LogP contribution in [0.4, 0.5) is 13.2 Å². The highest BCUT2D eigenvalue weighted by atomic mass is 19.4. The molecule has 0 heterocycles. The zero-order chi connectivity index (χ0) is 14.5. The van der Waals surface area contributed by atoms with E-state index in [1.54, 1.807) is 13.8 Å². The number of ether oxygens (including phenoxy) is 1. The molecule has 0 fully saturated rings. The second-order valence-corrected chi connectivity index (χ2v) is 4.33. The van der Waals surface area contributed by atoms with Crippen LogP contribution in [0.25, 0.3) is 0 Å². The maximum Gasteiger partial charge on any atom is 0.416 e. The normalized spacial score (nSPS) is 11.7. The summed E-state index contributed by atoms with van der Waals surface area (Å²) in [5.41, 5.74) is -0.328. The second-order valence-electron chi connectivity index (χ2n) is 4.33. The predicted octanol–water partition coefficient (Wildman–Crippen LogP) is 2.75. The molecule has 0 aliphatic heterocycles. The number of rotatable bonds is 5. The highest BCUT2D eigenvalue weighted by Gasteiger charge is 2.30. The molecule has 0 spiro atoms. The number of amides is 1. The van der Waals surface area contributed by atoms with Gasteiger partial charge in [0.05, 0.1) is 11.7 Å². The Balaban J connectivity index is 2.52. The predicted molar refractivity (Wildman–Crippen MR) is 64.4 cm³/mol. The van der Waals surface area contributed by atoms with E-state index in [2.05, 4.69) is 5.32 Å². The Bertz CT molecular complexity index is 430. The van der Waals surface area contributed by atoms with Crippen LogP contribution in [-0.2, 0) is 22.3 Å². The third-order valence-corrected chi connectivity index (χ3v) is 2.29. The van der Waals surface area contributed by atoms with E-state index in [9.17, 15) is 18.0 Å². The number of benzene rings is 1. The minimum Gasteiger partial charge on any atom is -0.369 e. The van der Waals surface area contributed by atoms with Gasteiger partial charge in [0.15, 0.2) is 0 Å². The molecule has 0 bridgehead atoms. The lowest BCUT2D eigenvalue weighted by Gasteiger charge is -2.10. The molecule has 0 aromatic heterocycles. The minimum absolute atomic E-state index is 0.0458. The van der Waals surface area contributed by atoms with Crippen LogP contribution in [0.5, 0.6) is 0 Å². The van der Waals surface area contributed by atoms with Crippen molar-refractivity contribution in [3.8, 4) is 0 Å². The summed E-state index contributed by atoms with van der Waals surface area (Å²) in [5, 5.41) is 2.50. The molecule has 1 aromatic carbocycles. The maximum absolute atomic E-state index is 12.5. The molecule has 1 rings (SSSR count). The third kappa shape index (κ3) is 5.74. The molecule has 0 radical (unpaired) electrons. The van der Waals surface area contributed by atoms with Crippen LogP contribution >= 0.6 is 0 Å². The number of hydrogen-bond acceptors (Lipinski definition) is 2. The average Bonchev–Trinajstić information content (AvgIpc) is 2.33. The number of carbonyl (C=O) groups is 1. The van der Waals surface area contributed by atoms with E-state index in [1.807, 2.05) is 0 Å². The molecule has 0 unspecified atom stereocenters. The summed E-state index contributed by atoms with van der Waals surface area (Å²) in [6, 6.07) is 4.85.